The van der Waals surface area contributed by atoms with Gasteiger partial charge in [-0.15, -0.1) is 11.3 Å². The zero-order chi connectivity index (χ0) is 13.8. The Bertz CT molecular complexity index is 577. The van der Waals surface area contributed by atoms with Crippen LogP contribution in [-0.4, -0.2) is 11.1 Å². The van der Waals surface area contributed by atoms with Crippen LogP contribution in [-0.2, 0) is 17.6 Å². The van der Waals surface area contributed by atoms with Gasteiger partial charge in [0.15, 0.2) is 0 Å². The standard InChI is InChI=1S/C15H15FO2S/c1-2-12-6-7-13(19-12)9-14(15(17)18)10-4-3-5-11(16)8-10/h3-8,14H,2,9H2,1H3,(H,17,18). The molecule has 0 amide bonds. The topological polar surface area (TPSA) is 37.3 Å². The Morgan fingerprint density at radius 3 is 2.63 bits per heavy atom. The molecule has 2 nitrogen and oxygen atoms in total. The fourth-order valence-corrected chi connectivity index (χ4v) is 3.00. The van der Waals surface area contributed by atoms with Crippen LogP contribution >= 0.6 is 11.3 Å². The first kappa shape index (κ1) is 13.7. The number of thiophene rings is 1. The zero-order valence-corrected chi connectivity index (χ0v) is 11.4. The molecule has 4 heteroatoms. The minimum Gasteiger partial charge on any atom is -0.481 e. The van der Waals surface area contributed by atoms with Gasteiger partial charge in [-0.05, 0) is 42.7 Å². The molecule has 1 aromatic heterocycles. The maximum Gasteiger partial charge on any atom is 0.311 e. The molecule has 0 spiro atoms. The van der Waals surface area contributed by atoms with Gasteiger partial charge in [-0.1, -0.05) is 19.1 Å². The van der Waals surface area contributed by atoms with Crippen molar-refractivity contribution < 1.29 is 14.3 Å². The SMILES string of the molecule is CCc1ccc(CC(C(=O)O)c2cccc(F)c2)s1. The summed E-state index contributed by atoms with van der Waals surface area (Å²) in [6.07, 6.45) is 1.35. The van der Waals surface area contributed by atoms with Crippen LogP contribution < -0.4 is 0 Å². The monoisotopic (exact) mass is 278 g/mol. The van der Waals surface area contributed by atoms with Gasteiger partial charge in [-0.2, -0.15) is 0 Å². The maximum atomic E-state index is 13.2. The lowest BCUT2D eigenvalue weighted by atomic mass is 9.95. The van der Waals surface area contributed by atoms with Crippen molar-refractivity contribution in [3.8, 4) is 0 Å². The average Bonchev–Trinajstić information content (AvgIpc) is 2.83. The Morgan fingerprint density at radius 2 is 2.05 bits per heavy atom. The van der Waals surface area contributed by atoms with Gasteiger partial charge in [0, 0.05) is 9.75 Å². The molecule has 0 fully saturated rings. The molecule has 0 saturated heterocycles. The van der Waals surface area contributed by atoms with Gasteiger partial charge in [0.2, 0.25) is 0 Å². The predicted octanol–water partition coefficient (Wildman–Crippen LogP) is 3.86. The third-order valence-electron chi connectivity index (χ3n) is 3.02. The van der Waals surface area contributed by atoms with Crippen LogP contribution in [0.2, 0.25) is 0 Å². The molecule has 0 aliphatic heterocycles. The highest BCUT2D eigenvalue weighted by atomic mass is 32.1. The van der Waals surface area contributed by atoms with Crippen molar-refractivity contribution in [2.24, 2.45) is 0 Å². The van der Waals surface area contributed by atoms with E-state index in [0.717, 1.165) is 11.3 Å². The third kappa shape index (κ3) is 3.41. The number of carboxylic acid groups (broad SMARTS) is 1. The smallest absolute Gasteiger partial charge is 0.311 e. The second-order valence-corrected chi connectivity index (χ2v) is 5.62. The lowest BCUT2D eigenvalue weighted by molar-refractivity contribution is -0.138. The Balaban J connectivity index is 2.23. The minimum atomic E-state index is -0.919. The van der Waals surface area contributed by atoms with Crippen LogP contribution in [0.5, 0.6) is 0 Å². The predicted molar refractivity (Wildman–Crippen MR) is 74.2 cm³/mol. The molecule has 19 heavy (non-hydrogen) atoms. The maximum absolute atomic E-state index is 13.2. The molecule has 0 aliphatic carbocycles. The molecule has 100 valence electrons. The summed E-state index contributed by atoms with van der Waals surface area (Å²) >= 11 is 1.62. The summed E-state index contributed by atoms with van der Waals surface area (Å²) in [6.45, 7) is 2.07. The van der Waals surface area contributed by atoms with E-state index in [0.29, 0.717) is 12.0 Å². The molecule has 1 unspecified atom stereocenters. The molecule has 1 atom stereocenters. The van der Waals surface area contributed by atoms with Crippen LogP contribution in [0.25, 0.3) is 0 Å². The van der Waals surface area contributed by atoms with E-state index in [4.69, 9.17) is 0 Å². The summed E-state index contributed by atoms with van der Waals surface area (Å²) in [5.74, 6) is -2.01. The molecular formula is C15H15FO2S. The molecule has 0 bridgehead atoms. The van der Waals surface area contributed by atoms with E-state index >= 15 is 0 Å². The van der Waals surface area contributed by atoms with Gasteiger partial charge in [-0.25, -0.2) is 4.39 Å². The Kier molecular flexibility index (Phi) is 4.32. The number of hydrogen-bond acceptors (Lipinski definition) is 2. The van der Waals surface area contributed by atoms with Crippen molar-refractivity contribution >= 4 is 17.3 Å². The van der Waals surface area contributed by atoms with Gasteiger partial charge in [0.1, 0.15) is 5.82 Å². The van der Waals surface area contributed by atoms with Crippen molar-refractivity contribution in [1.82, 2.24) is 0 Å². The molecule has 2 aromatic rings. The van der Waals surface area contributed by atoms with Crippen molar-refractivity contribution in [3.63, 3.8) is 0 Å². The van der Waals surface area contributed by atoms with E-state index in [1.54, 1.807) is 23.5 Å². The van der Waals surface area contributed by atoms with Gasteiger partial charge in [-0.3, -0.25) is 4.79 Å². The average molecular weight is 278 g/mol. The highest BCUT2D eigenvalue weighted by Crippen LogP contribution is 2.26. The molecule has 2 rings (SSSR count). The summed E-state index contributed by atoms with van der Waals surface area (Å²) in [5.41, 5.74) is 0.513. The quantitative estimate of drug-likeness (QED) is 0.901. The van der Waals surface area contributed by atoms with Crippen LogP contribution in [0, 0.1) is 5.82 Å². The Hall–Kier alpha value is -1.68. The van der Waals surface area contributed by atoms with Crippen molar-refractivity contribution in [2.75, 3.05) is 0 Å². The number of hydrogen-bond donors (Lipinski definition) is 1. The summed E-state index contributed by atoms with van der Waals surface area (Å²) in [5, 5.41) is 9.33. The van der Waals surface area contributed by atoms with Crippen LogP contribution in [0.15, 0.2) is 36.4 Å². The van der Waals surface area contributed by atoms with Gasteiger partial charge in [0.25, 0.3) is 0 Å². The molecule has 0 radical (unpaired) electrons. The fourth-order valence-electron chi connectivity index (χ4n) is 1.99. The lowest BCUT2D eigenvalue weighted by Gasteiger charge is -2.11. The van der Waals surface area contributed by atoms with E-state index in [9.17, 15) is 14.3 Å². The van der Waals surface area contributed by atoms with E-state index in [-0.39, 0.29) is 0 Å². The normalized spacial score (nSPS) is 12.3. The van der Waals surface area contributed by atoms with Gasteiger partial charge in [0.05, 0.1) is 5.92 Å². The van der Waals surface area contributed by atoms with E-state index in [1.807, 2.05) is 12.1 Å². The van der Waals surface area contributed by atoms with Gasteiger partial charge >= 0.3 is 5.97 Å². The molecule has 1 heterocycles. The number of carbonyl (C=O) groups is 1. The first-order valence-corrected chi connectivity index (χ1v) is 6.97. The zero-order valence-electron chi connectivity index (χ0n) is 10.6. The number of carboxylic acids is 1. The van der Waals surface area contributed by atoms with E-state index < -0.39 is 17.7 Å². The molecule has 1 aromatic carbocycles. The summed E-state index contributed by atoms with van der Waals surface area (Å²) in [6, 6.07) is 9.81. The fraction of sp³-hybridized carbons (Fsp3) is 0.267. The van der Waals surface area contributed by atoms with Crippen molar-refractivity contribution in [2.45, 2.75) is 25.7 Å². The second kappa shape index (κ2) is 5.97. The van der Waals surface area contributed by atoms with Crippen molar-refractivity contribution in [3.05, 3.63) is 57.5 Å². The molecule has 0 aliphatic rings. The molecule has 0 saturated carbocycles. The highest BCUT2D eigenvalue weighted by Gasteiger charge is 2.21. The van der Waals surface area contributed by atoms with Crippen molar-refractivity contribution in [1.29, 1.82) is 0 Å². The summed E-state index contributed by atoms with van der Waals surface area (Å²) < 4.78 is 13.2. The first-order valence-electron chi connectivity index (χ1n) is 6.16. The number of benzene rings is 1. The van der Waals surface area contributed by atoms with E-state index in [1.165, 1.54) is 17.0 Å². The van der Waals surface area contributed by atoms with Crippen LogP contribution in [0.4, 0.5) is 4.39 Å². The van der Waals surface area contributed by atoms with Gasteiger partial charge < -0.3 is 5.11 Å². The summed E-state index contributed by atoms with van der Waals surface area (Å²) in [7, 11) is 0. The second-order valence-electron chi connectivity index (χ2n) is 4.37. The number of halogens is 1. The van der Waals surface area contributed by atoms with Crippen LogP contribution in [0.1, 0.15) is 28.2 Å². The molecule has 1 N–H and O–H groups in total. The van der Waals surface area contributed by atoms with Crippen LogP contribution in [0.3, 0.4) is 0 Å². The highest BCUT2D eigenvalue weighted by molar-refractivity contribution is 7.12. The summed E-state index contributed by atoms with van der Waals surface area (Å²) in [4.78, 5) is 13.6. The number of rotatable bonds is 5. The number of aliphatic carboxylic acids is 1. The third-order valence-corrected chi connectivity index (χ3v) is 4.27. The lowest BCUT2D eigenvalue weighted by Crippen LogP contribution is -2.14. The first-order chi connectivity index (χ1) is 9.10. The largest absolute Gasteiger partial charge is 0.481 e. The molecular weight excluding hydrogens is 263 g/mol. The Labute approximate surface area is 115 Å². The minimum absolute atomic E-state index is 0.399. The van der Waals surface area contributed by atoms with E-state index in [2.05, 4.69) is 6.92 Å². The Morgan fingerprint density at radius 1 is 1.32 bits per heavy atom. The number of aryl methyl sites for hydroxylation is 1.